The summed E-state index contributed by atoms with van der Waals surface area (Å²) in [6, 6.07) is 5.05. The number of benzene rings is 1. The summed E-state index contributed by atoms with van der Waals surface area (Å²) in [4.78, 5) is 12.6. The molecule has 0 saturated carbocycles. The van der Waals surface area contributed by atoms with Crippen LogP contribution in [0, 0.1) is 5.41 Å². The van der Waals surface area contributed by atoms with E-state index < -0.39 is 5.41 Å². The van der Waals surface area contributed by atoms with Gasteiger partial charge in [-0.3, -0.25) is 4.79 Å². The molecule has 6 heteroatoms. The van der Waals surface area contributed by atoms with Crippen molar-refractivity contribution in [2.24, 2.45) is 11.1 Å². The number of carbonyl (C=O) groups is 1. The first-order valence-corrected chi connectivity index (χ1v) is 7.10. The van der Waals surface area contributed by atoms with Crippen molar-refractivity contribution in [3.63, 3.8) is 0 Å². The van der Waals surface area contributed by atoms with Crippen LogP contribution in [0.2, 0.25) is 10.0 Å². The summed E-state index contributed by atoms with van der Waals surface area (Å²) in [5.41, 5.74) is 5.33. The third-order valence-electron chi connectivity index (χ3n) is 3.31. The molecule has 104 valence electrons. The van der Waals surface area contributed by atoms with E-state index in [2.05, 4.69) is 5.32 Å². The Hall–Kier alpha value is -0.840. The van der Waals surface area contributed by atoms with Crippen molar-refractivity contribution in [3.05, 3.63) is 28.2 Å². The Morgan fingerprint density at radius 1 is 1.37 bits per heavy atom. The van der Waals surface area contributed by atoms with Crippen molar-refractivity contribution >= 4 is 52.0 Å². The van der Waals surface area contributed by atoms with Gasteiger partial charge in [-0.1, -0.05) is 55.3 Å². The van der Waals surface area contributed by atoms with Crippen molar-refractivity contribution in [3.8, 4) is 0 Å². The fraction of sp³-hybridized carbons (Fsp3) is 0.385. The van der Waals surface area contributed by atoms with E-state index in [0.717, 1.165) is 0 Å². The lowest BCUT2D eigenvalue weighted by molar-refractivity contribution is -0.122. The largest absolute Gasteiger partial charge is 0.392 e. The number of amides is 1. The Bertz CT molecular complexity index is 501. The number of carbonyl (C=O) groups excluding carboxylic acids is 1. The quantitative estimate of drug-likeness (QED) is 0.806. The molecule has 1 amide bonds. The fourth-order valence-electron chi connectivity index (χ4n) is 1.87. The van der Waals surface area contributed by atoms with E-state index >= 15 is 0 Å². The lowest BCUT2D eigenvalue weighted by Crippen LogP contribution is -2.45. The molecule has 0 radical (unpaired) electrons. The minimum absolute atomic E-state index is 0.188. The van der Waals surface area contributed by atoms with Crippen molar-refractivity contribution in [2.75, 3.05) is 5.32 Å². The molecule has 1 rings (SSSR count). The van der Waals surface area contributed by atoms with Crippen LogP contribution in [0.1, 0.15) is 26.7 Å². The number of nitrogens with one attached hydrogen (secondary N) is 1. The normalized spacial score (nSPS) is 11.2. The summed E-state index contributed by atoms with van der Waals surface area (Å²) < 4.78 is 0. The van der Waals surface area contributed by atoms with E-state index in [4.69, 9.17) is 41.2 Å². The van der Waals surface area contributed by atoms with Crippen LogP contribution in [0.15, 0.2) is 18.2 Å². The van der Waals surface area contributed by atoms with Crippen molar-refractivity contribution < 1.29 is 4.79 Å². The summed E-state index contributed by atoms with van der Waals surface area (Å²) in [7, 11) is 0. The predicted octanol–water partition coefficient (Wildman–Crippen LogP) is 4.02. The molecule has 0 saturated heterocycles. The Kier molecular flexibility index (Phi) is 5.59. The van der Waals surface area contributed by atoms with E-state index in [1.807, 2.05) is 13.8 Å². The third-order valence-corrected chi connectivity index (χ3v) is 4.52. The molecule has 0 atom stereocenters. The molecular formula is C13H16Cl2N2OS. The second-order valence-electron chi connectivity index (χ2n) is 4.21. The topological polar surface area (TPSA) is 55.1 Å². The van der Waals surface area contributed by atoms with Gasteiger partial charge in [-0.25, -0.2) is 0 Å². The minimum Gasteiger partial charge on any atom is -0.392 e. The van der Waals surface area contributed by atoms with Gasteiger partial charge >= 0.3 is 0 Å². The molecule has 0 unspecified atom stereocenters. The molecule has 19 heavy (non-hydrogen) atoms. The second-order valence-corrected chi connectivity index (χ2v) is 5.43. The Labute approximate surface area is 128 Å². The van der Waals surface area contributed by atoms with Gasteiger partial charge in [-0.2, -0.15) is 0 Å². The van der Waals surface area contributed by atoms with Crippen molar-refractivity contribution in [1.82, 2.24) is 0 Å². The number of thiocarbonyl (C=S) groups is 1. The van der Waals surface area contributed by atoms with Crippen LogP contribution in [0.25, 0.3) is 0 Å². The number of anilines is 1. The molecule has 0 bridgehead atoms. The highest BCUT2D eigenvalue weighted by molar-refractivity contribution is 7.80. The molecule has 3 nitrogen and oxygen atoms in total. The summed E-state index contributed by atoms with van der Waals surface area (Å²) >= 11 is 17.0. The molecule has 0 spiro atoms. The monoisotopic (exact) mass is 318 g/mol. The molecule has 3 N–H and O–H groups in total. The zero-order valence-electron chi connectivity index (χ0n) is 10.8. The third kappa shape index (κ3) is 3.19. The number of hydrogen-bond acceptors (Lipinski definition) is 2. The highest BCUT2D eigenvalue weighted by Gasteiger charge is 2.38. The molecular weight excluding hydrogens is 303 g/mol. The van der Waals surface area contributed by atoms with Gasteiger partial charge in [0.05, 0.1) is 26.1 Å². The standard InChI is InChI=1S/C13H16Cl2N2OS/c1-3-13(4-2,11(16)19)12(18)17-9-7-5-6-8(14)10(9)15/h5-7H,3-4H2,1-2H3,(H2,16,19)(H,17,18). The van der Waals surface area contributed by atoms with Gasteiger partial charge < -0.3 is 11.1 Å². The first kappa shape index (κ1) is 16.2. The molecule has 0 aliphatic rings. The summed E-state index contributed by atoms with van der Waals surface area (Å²) in [6.45, 7) is 3.75. The highest BCUT2D eigenvalue weighted by Crippen LogP contribution is 2.33. The van der Waals surface area contributed by atoms with Gasteiger partial charge in [0.15, 0.2) is 0 Å². The van der Waals surface area contributed by atoms with E-state index in [1.165, 1.54) is 0 Å². The van der Waals surface area contributed by atoms with Crippen LogP contribution < -0.4 is 11.1 Å². The lowest BCUT2D eigenvalue weighted by Gasteiger charge is -2.29. The van der Waals surface area contributed by atoms with Crippen LogP contribution in [0.4, 0.5) is 5.69 Å². The van der Waals surface area contributed by atoms with Crippen LogP contribution in [-0.2, 0) is 4.79 Å². The Morgan fingerprint density at radius 3 is 2.42 bits per heavy atom. The molecule has 0 aliphatic carbocycles. The number of hydrogen-bond donors (Lipinski definition) is 2. The van der Waals surface area contributed by atoms with E-state index in [-0.39, 0.29) is 10.9 Å². The molecule has 0 heterocycles. The molecule has 0 fully saturated rings. The number of rotatable bonds is 5. The zero-order chi connectivity index (χ0) is 14.6. The van der Waals surface area contributed by atoms with Crippen molar-refractivity contribution in [1.29, 1.82) is 0 Å². The van der Waals surface area contributed by atoms with E-state index in [9.17, 15) is 4.79 Å². The maximum absolute atomic E-state index is 12.4. The van der Waals surface area contributed by atoms with E-state index in [0.29, 0.717) is 28.6 Å². The smallest absolute Gasteiger partial charge is 0.237 e. The molecule has 1 aromatic carbocycles. The van der Waals surface area contributed by atoms with Gasteiger partial charge in [0.2, 0.25) is 5.91 Å². The summed E-state index contributed by atoms with van der Waals surface area (Å²) in [5.74, 6) is -0.255. The number of halogens is 2. The van der Waals surface area contributed by atoms with Crippen LogP contribution >= 0.6 is 35.4 Å². The first-order valence-electron chi connectivity index (χ1n) is 5.94. The van der Waals surface area contributed by atoms with E-state index in [1.54, 1.807) is 18.2 Å². The Morgan fingerprint density at radius 2 is 1.95 bits per heavy atom. The number of nitrogens with two attached hydrogens (primary N) is 1. The minimum atomic E-state index is -0.860. The summed E-state index contributed by atoms with van der Waals surface area (Å²) in [6.07, 6.45) is 1.06. The SMILES string of the molecule is CCC(CC)(C(=O)Nc1cccc(Cl)c1Cl)C(N)=S. The predicted molar refractivity (Wildman–Crippen MR) is 84.9 cm³/mol. The zero-order valence-corrected chi connectivity index (χ0v) is 13.1. The van der Waals surface area contributed by atoms with Crippen molar-refractivity contribution in [2.45, 2.75) is 26.7 Å². The Balaban J connectivity index is 3.07. The average Bonchev–Trinajstić information content (AvgIpc) is 2.36. The molecule has 1 aromatic rings. The summed E-state index contributed by atoms with van der Waals surface area (Å²) in [5, 5.41) is 3.44. The fourth-order valence-corrected chi connectivity index (χ4v) is 2.60. The molecule has 0 aromatic heterocycles. The van der Waals surface area contributed by atoms with Gasteiger partial charge in [0.1, 0.15) is 0 Å². The van der Waals surface area contributed by atoms with Crippen LogP contribution in [-0.4, -0.2) is 10.9 Å². The lowest BCUT2D eigenvalue weighted by atomic mass is 9.81. The van der Waals surface area contributed by atoms with Crippen LogP contribution in [0.5, 0.6) is 0 Å². The maximum atomic E-state index is 12.4. The molecule has 0 aliphatic heterocycles. The average molecular weight is 319 g/mol. The van der Waals surface area contributed by atoms with Crippen LogP contribution in [0.3, 0.4) is 0 Å². The van der Waals surface area contributed by atoms with Gasteiger partial charge in [0.25, 0.3) is 0 Å². The highest BCUT2D eigenvalue weighted by atomic mass is 35.5. The maximum Gasteiger partial charge on any atom is 0.237 e. The first-order chi connectivity index (χ1) is 8.89. The van der Waals surface area contributed by atoms with Gasteiger partial charge in [0, 0.05) is 0 Å². The second kappa shape index (κ2) is 6.55. The van der Waals surface area contributed by atoms with Gasteiger partial charge in [-0.05, 0) is 25.0 Å². The van der Waals surface area contributed by atoms with Gasteiger partial charge in [-0.15, -0.1) is 0 Å².